The monoisotopic (exact) mass is 328 g/mol. The normalized spacial score (nSPS) is 11.1. The second-order valence-corrected chi connectivity index (χ2v) is 5.15. The summed E-state index contributed by atoms with van der Waals surface area (Å²) < 4.78 is 16.0. The molecule has 0 heterocycles. The van der Waals surface area contributed by atoms with Crippen LogP contribution in [-0.4, -0.2) is 32.4 Å². The van der Waals surface area contributed by atoms with Gasteiger partial charge in [-0.1, -0.05) is 12.1 Å². The molecule has 0 saturated heterocycles. The van der Waals surface area contributed by atoms with Crippen LogP contribution in [0.25, 0.3) is 16.7 Å². The highest BCUT2D eigenvalue weighted by Gasteiger charge is 2.12. The maximum absolute atomic E-state index is 10.9. The van der Waals surface area contributed by atoms with Gasteiger partial charge in [0, 0.05) is 11.6 Å². The summed E-state index contributed by atoms with van der Waals surface area (Å²) in [5.74, 6) is 0.962. The van der Waals surface area contributed by atoms with E-state index >= 15 is 0 Å². The maximum Gasteiger partial charge on any atom is 0.328 e. The van der Waals surface area contributed by atoms with E-state index in [2.05, 4.69) is 0 Å². The van der Waals surface area contributed by atoms with Crippen LogP contribution in [-0.2, 0) is 4.79 Å². The molecule has 0 aliphatic carbocycles. The lowest BCUT2D eigenvalue weighted by molar-refractivity contribution is -0.131. The molecule has 0 aromatic heterocycles. The Kier molecular flexibility index (Phi) is 5.47. The third-order valence-corrected chi connectivity index (χ3v) is 3.69. The zero-order valence-corrected chi connectivity index (χ0v) is 14.1. The Morgan fingerprint density at radius 3 is 2.12 bits per heavy atom. The zero-order valence-electron chi connectivity index (χ0n) is 14.1. The molecule has 0 bridgehead atoms. The van der Waals surface area contributed by atoms with Crippen molar-refractivity contribution >= 4 is 11.5 Å². The Labute approximate surface area is 141 Å². The van der Waals surface area contributed by atoms with E-state index in [1.807, 2.05) is 36.4 Å². The van der Waals surface area contributed by atoms with Crippen LogP contribution in [0, 0.1) is 0 Å². The number of hydrogen-bond donors (Lipinski definition) is 1. The Balaban J connectivity index is 2.58. The first kappa shape index (κ1) is 17.4. The van der Waals surface area contributed by atoms with Crippen LogP contribution >= 0.6 is 0 Å². The van der Waals surface area contributed by atoms with Crippen molar-refractivity contribution in [2.24, 2.45) is 0 Å². The first-order chi connectivity index (χ1) is 11.5. The molecular weight excluding hydrogens is 308 g/mol. The molecule has 24 heavy (non-hydrogen) atoms. The van der Waals surface area contributed by atoms with Crippen molar-refractivity contribution in [2.45, 2.75) is 6.92 Å². The van der Waals surface area contributed by atoms with Gasteiger partial charge in [-0.05, 0) is 47.9 Å². The molecule has 0 aliphatic heterocycles. The Hall–Kier alpha value is -2.95. The van der Waals surface area contributed by atoms with E-state index in [0.29, 0.717) is 22.8 Å². The minimum absolute atomic E-state index is 0.611. The first-order valence-corrected chi connectivity index (χ1v) is 7.32. The van der Waals surface area contributed by atoms with Crippen LogP contribution in [0.3, 0.4) is 0 Å². The molecule has 2 aromatic carbocycles. The molecule has 2 aromatic rings. The van der Waals surface area contributed by atoms with Gasteiger partial charge in [0.05, 0.1) is 21.3 Å². The number of benzene rings is 2. The molecule has 5 nitrogen and oxygen atoms in total. The molecule has 5 heteroatoms. The summed E-state index contributed by atoms with van der Waals surface area (Å²) >= 11 is 0. The van der Waals surface area contributed by atoms with E-state index in [1.54, 1.807) is 28.3 Å². The standard InChI is InChI=1S/C19H20O5/c1-12(9-19(20)21)13-5-7-16(22-2)15(10-13)14-6-8-17(23-3)18(11-14)24-4/h5-11H,1-4H3,(H,20,21)/b12-9+. The summed E-state index contributed by atoms with van der Waals surface area (Å²) in [6.07, 6.45) is 1.18. The van der Waals surface area contributed by atoms with E-state index in [-0.39, 0.29) is 0 Å². The van der Waals surface area contributed by atoms with E-state index in [4.69, 9.17) is 19.3 Å². The summed E-state index contributed by atoms with van der Waals surface area (Å²) in [6.45, 7) is 1.76. The van der Waals surface area contributed by atoms with Gasteiger partial charge >= 0.3 is 5.97 Å². The zero-order chi connectivity index (χ0) is 17.7. The van der Waals surface area contributed by atoms with Crippen LogP contribution in [0.4, 0.5) is 0 Å². The molecule has 0 unspecified atom stereocenters. The molecular formula is C19H20O5. The SMILES string of the molecule is COc1ccc(-c2cc(/C(C)=C/C(=O)O)ccc2OC)cc1OC. The summed E-state index contributed by atoms with van der Waals surface area (Å²) in [6, 6.07) is 11.1. The minimum Gasteiger partial charge on any atom is -0.496 e. The number of ether oxygens (including phenoxy) is 3. The van der Waals surface area contributed by atoms with Gasteiger partial charge in [-0.3, -0.25) is 0 Å². The number of carbonyl (C=O) groups is 1. The fourth-order valence-corrected chi connectivity index (χ4v) is 2.45. The topological polar surface area (TPSA) is 65.0 Å². The summed E-state index contributed by atoms with van der Waals surface area (Å²) in [5, 5.41) is 8.93. The fourth-order valence-electron chi connectivity index (χ4n) is 2.45. The molecule has 1 N–H and O–H groups in total. The smallest absolute Gasteiger partial charge is 0.328 e. The predicted molar refractivity (Wildman–Crippen MR) is 92.8 cm³/mol. The molecule has 0 saturated carbocycles. The van der Waals surface area contributed by atoms with Crippen molar-refractivity contribution in [1.82, 2.24) is 0 Å². The van der Waals surface area contributed by atoms with Crippen molar-refractivity contribution in [1.29, 1.82) is 0 Å². The van der Waals surface area contributed by atoms with Crippen molar-refractivity contribution in [2.75, 3.05) is 21.3 Å². The van der Waals surface area contributed by atoms with Gasteiger partial charge in [0.2, 0.25) is 0 Å². The summed E-state index contributed by atoms with van der Waals surface area (Å²) in [7, 11) is 4.76. The van der Waals surface area contributed by atoms with E-state index in [9.17, 15) is 4.79 Å². The second kappa shape index (κ2) is 7.55. The van der Waals surface area contributed by atoms with Gasteiger partial charge in [-0.15, -0.1) is 0 Å². The number of aliphatic carboxylic acids is 1. The van der Waals surface area contributed by atoms with Crippen molar-refractivity contribution in [3.05, 3.63) is 48.0 Å². The fraction of sp³-hybridized carbons (Fsp3) is 0.211. The van der Waals surface area contributed by atoms with Gasteiger partial charge < -0.3 is 19.3 Å². The molecule has 0 spiro atoms. The lowest BCUT2D eigenvalue weighted by Crippen LogP contribution is -1.94. The highest BCUT2D eigenvalue weighted by atomic mass is 16.5. The molecule has 0 atom stereocenters. The number of carboxylic acid groups (broad SMARTS) is 1. The molecule has 126 valence electrons. The number of rotatable bonds is 6. The molecule has 2 rings (SSSR count). The van der Waals surface area contributed by atoms with Crippen LogP contribution in [0.5, 0.6) is 17.2 Å². The van der Waals surface area contributed by atoms with E-state index in [1.165, 1.54) is 6.08 Å². The summed E-state index contributed by atoms with van der Waals surface area (Å²) in [5.41, 5.74) is 3.19. The lowest BCUT2D eigenvalue weighted by atomic mass is 9.98. The van der Waals surface area contributed by atoms with Crippen molar-refractivity contribution in [3.8, 4) is 28.4 Å². The van der Waals surface area contributed by atoms with Crippen LogP contribution < -0.4 is 14.2 Å². The average molecular weight is 328 g/mol. The van der Waals surface area contributed by atoms with Gasteiger partial charge in [-0.25, -0.2) is 4.79 Å². The van der Waals surface area contributed by atoms with Gasteiger partial charge in [0.25, 0.3) is 0 Å². The third-order valence-electron chi connectivity index (χ3n) is 3.69. The second-order valence-electron chi connectivity index (χ2n) is 5.15. The third kappa shape index (κ3) is 3.68. The minimum atomic E-state index is -0.976. The van der Waals surface area contributed by atoms with Crippen molar-refractivity contribution in [3.63, 3.8) is 0 Å². The average Bonchev–Trinajstić information content (AvgIpc) is 2.59. The van der Waals surface area contributed by atoms with Crippen LogP contribution in [0.15, 0.2) is 42.5 Å². The van der Waals surface area contributed by atoms with E-state index in [0.717, 1.165) is 16.7 Å². The number of methoxy groups -OCH3 is 3. The van der Waals surface area contributed by atoms with Crippen molar-refractivity contribution < 1.29 is 24.1 Å². The van der Waals surface area contributed by atoms with Gasteiger partial charge in [0.15, 0.2) is 11.5 Å². The van der Waals surface area contributed by atoms with Gasteiger partial charge in [-0.2, -0.15) is 0 Å². The Morgan fingerprint density at radius 2 is 1.54 bits per heavy atom. The largest absolute Gasteiger partial charge is 0.496 e. The molecule has 0 amide bonds. The maximum atomic E-state index is 10.9. The molecule has 0 aliphatic rings. The number of hydrogen-bond acceptors (Lipinski definition) is 4. The predicted octanol–water partition coefficient (Wildman–Crippen LogP) is 3.87. The summed E-state index contributed by atoms with van der Waals surface area (Å²) in [4.78, 5) is 10.9. The highest BCUT2D eigenvalue weighted by molar-refractivity contribution is 5.90. The number of allylic oxidation sites excluding steroid dienone is 1. The van der Waals surface area contributed by atoms with Gasteiger partial charge in [0.1, 0.15) is 5.75 Å². The van der Waals surface area contributed by atoms with Crippen LogP contribution in [0.2, 0.25) is 0 Å². The number of carboxylic acids is 1. The first-order valence-electron chi connectivity index (χ1n) is 7.32. The van der Waals surface area contributed by atoms with E-state index < -0.39 is 5.97 Å². The molecule has 0 fully saturated rings. The Bertz CT molecular complexity index is 777. The lowest BCUT2D eigenvalue weighted by Gasteiger charge is -2.14. The quantitative estimate of drug-likeness (QED) is 0.816. The highest BCUT2D eigenvalue weighted by Crippen LogP contribution is 2.37. The molecule has 0 radical (unpaired) electrons. The Morgan fingerprint density at radius 1 is 0.917 bits per heavy atom. The van der Waals surface area contributed by atoms with Crippen LogP contribution in [0.1, 0.15) is 12.5 Å².